The van der Waals surface area contributed by atoms with Gasteiger partial charge in [0.2, 0.25) is 10.0 Å². The smallest absolute Gasteiger partial charge is 0.340 e. The first-order chi connectivity index (χ1) is 14.3. The van der Waals surface area contributed by atoms with Crippen LogP contribution < -0.4 is 9.46 Å². The van der Waals surface area contributed by atoms with Crippen LogP contribution in [0, 0.1) is 13.8 Å². The lowest BCUT2D eigenvalue weighted by Crippen LogP contribution is -2.33. The highest BCUT2D eigenvalue weighted by atomic mass is 32.2. The van der Waals surface area contributed by atoms with Gasteiger partial charge in [-0.1, -0.05) is 12.1 Å². The zero-order chi connectivity index (χ0) is 23.4. The normalized spacial score (nSPS) is 12.2. The minimum absolute atomic E-state index is 0.0126. The van der Waals surface area contributed by atoms with Crippen molar-refractivity contribution in [3.63, 3.8) is 0 Å². The van der Waals surface area contributed by atoms with Crippen LogP contribution in [0.25, 0.3) is 0 Å². The molecule has 0 saturated heterocycles. The Morgan fingerprint density at radius 3 is 2.32 bits per heavy atom. The number of rotatable bonds is 10. The lowest BCUT2D eigenvalue weighted by molar-refractivity contribution is -0.148. The Labute approximate surface area is 176 Å². The third-order valence-electron chi connectivity index (χ3n) is 4.56. The zero-order valence-corrected chi connectivity index (χ0v) is 17.5. The molecule has 0 aliphatic heterocycles. The van der Waals surface area contributed by atoms with E-state index in [-0.39, 0.29) is 29.2 Å². The van der Waals surface area contributed by atoms with E-state index in [1.54, 1.807) is 13.8 Å². The van der Waals surface area contributed by atoms with Crippen molar-refractivity contribution in [2.24, 2.45) is 0 Å². The van der Waals surface area contributed by atoms with E-state index in [0.717, 1.165) is 6.07 Å². The summed E-state index contributed by atoms with van der Waals surface area (Å²) in [6, 6.07) is 8.08. The van der Waals surface area contributed by atoms with E-state index in [1.807, 2.05) is 0 Å². The van der Waals surface area contributed by atoms with Gasteiger partial charge in [0, 0.05) is 6.54 Å². The van der Waals surface area contributed by atoms with E-state index in [9.17, 15) is 35.9 Å². The lowest BCUT2D eigenvalue weighted by atomic mass is 10.0. The molecule has 11 heteroatoms. The fourth-order valence-electron chi connectivity index (χ4n) is 2.61. The van der Waals surface area contributed by atoms with E-state index < -0.39 is 34.9 Å². The van der Waals surface area contributed by atoms with Gasteiger partial charge in [-0.2, -0.15) is 8.78 Å². The number of nitrogens with one attached hydrogen (secondary N) is 1. The second kappa shape index (κ2) is 9.65. The van der Waals surface area contributed by atoms with Crippen molar-refractivity contribution >= 4 is 16.0 Å². The van der Waals surface area contributed by atoms with Crippen molar-refractivity contribution in [2.45, 2.75) is 37.5 Å². The van der Waals surface area contributed by atoms with Gasteiger partial charge in [0.25, 0.3) is 0 Å². The van der Waals surface area contributed by atoms with Crippen molar-refractivity contribution in [3.05, 3.63) is 58.7 Å². The predicted octanol–water partition coefficient (Wildman–Crippen LogP) is 3.80. The second-order valence-electron chi connectivity index (χ2n) is 6.86. The Hall–Kier alpha value is -2.66. The molecule has 0 fully saturated rings. The number of carboxylic acids is 1. The number of benzene rings is 2. The molecule has 2 aromatic rings. The molecular weight excluding hydrogens is 442 g/mol. The molecule has 0 amide bonds. The number of hydrogen-bond acceptors (Lipinski definition) is 4. The monoisotopic (exact) mass is 463 g/mol. The summed E-state index contributed by atoms with van der Waals surface area (Å²) in [7, 11) is -3.96. The molecule has 2 N–H and O–H groups in total. The number of sulfonamides is 1. The Morgan fingerprint density at radius 2 is 1.77 bits per heavy atom. The molecule has 0 aromatic heterocycles. The van der Waals surface area contributed by atoms with Gasteiger partial charge in [0.05, 0.1) is 10.5 Å². The molecule has 0 aliphatic carbocycles. The van der Waals surface area contributed by atoms with Crippen LogP contribution in [0.15, 0.2) is 41.3 Å². The molecule has 2 aromatic carbocycles. The summed E-state index contributed by atoms with van der Waals surface area (Å²) in [5, 5.41) is 9.23. The summed E-state index contributed by atoms with van der Waals surface area (Å²) in [5.41, 5.74) is 1.53. The summed E-state index contributed by atoms with van der Waals surface area (Å²) >= 11 is 0. The minimum Gasteiger partial charge on any atom is -0.487 e. The first-order valence-corrected chi connectivity index (χ1v) is 10.5. The first-order valence-electron chi connectivity index (χ1n) is 9.05. The topological polar surface area (TPSA) is 92.7 Å². The SMILES string of the molecule is Cc1cc(S(=O)(=O)NCCc2ccc(OCC(F)(F)C(F)F)cc2)cc(C(=O)O)c1C. The van der Waals surface area contributed by atoms with Gasteiger partial charge in [-0.3, -0.25) is 0 Å². The number of alkyl halides is 4. The highest BCUT2D eigenvalue weighted by Crippen LogP contribution is 2.24. The van der Waals surface area contributed by atoms with E-state index in [4.69, 9.17) is 0 Å². The van der Waals surface area contributed by atoms with E-state index in [1.165, 1.54) is 30.3 Å². The summed E-state index contributed by atoms with van der Waals surface area (Å²) in [4.78, 5) is 11.1. The maximum Gasteiger partial charge on any atom is 0.340 e. The van der Waals surface area contributed by atoms with Crippen LogP contribution in [-0.4, -0.2) is 45.0 Å². The molecule has 0 heterocycles. The molecule has 2 rings (SSSR count). The van der Waals surface area contributed by atoms with Crippen LogP contribution in [0.3, 0.4) is 0 Å². The Balaban J connectivity index is 1.98. The molecule has 0 atom stereocenters. The van der Waals surface area contributed by atoms with Crippen molar-refractivity contribution in [1.29, 1.82) is 0 Å². The molecule has 0 aliphatic rings. The number of ether oxygens (including phenoxy) is 1. The molecule has 0 bridgehead atoms. The van der Waals surface area contributed by atoms with Gasteiger partial charge in [0.15, 0.2) is 6.61 Å². The number of carbonyl (C=O) groups is 1. The standard InChI is InChI=1S/C20H21F4NO5S/c1-12-9-16(10-17(13(12)2)18(26)27)31(28,29)25-8-7-14-3-5-15(6-4-14)30-11-20(23,24)19(21)22/h3-6,9-10,19,25H,7-8,11H2,1-2H3,(H,26,27). The third-order valence-corrected chi connectivity index (χ3v) is 6.00. The lowest BCUT2D eigenvalue weighted by Gasteiger charge is -2.16. The fraction of sp³-hybridized carbons (Fsp3) is 0.350. The first kappa shape index (κ1) is 24.6. The van der Waals surface area contributed by atoms with Gasteiger partial charge < -0.3 is 9.84 Å². The number of carboxylic acid groups (broad SMARTS) is 1. The number of aryl methyl sites for hydroxylation is 1. The third kappa shape index (κ3) is 6.41. The van der Waals surface area contributed by atoms with Crippen molar-refractivity contribution in [1.82, 2.24) is 4.72 Å². The molecule has 0 saturated carbocycles. The molecule has 0 radical (unpaired) electrons. The molecule has 170 valence electrons. The van der Waals surface area contributed by atoms with Gasteiger partial charge >= 0.3 is 18.3 Å². The van der Waals surface area contributed by atoms with Crippen LogP contribution in [0.5, 0.6) is 5.75 Å². The van der Waals surface area contributed by atoms with Crippen molar-refractivity contribution in [3.8, 4) is 5.75 Å². The van der Waals surface area contributed by atoms with E-state index >= 15 is 0 Å². The Bertz CT molecular complexity index is 1040. The number of halogens is 4. The highest BCUT2D eigenvalue weighted by Gasteiger charge is 2.41. The van der Waals surface area contributed by atoms with Crippen molar-refractivity contribution in [2.75, 3.05) is 13.2 Å². The highest BCUT2D eigenvalue weighted by molar-refractivity contribution is 7.89. The van der Waals surface area contributed by atoms with Crippen molar-refractivity contribution < 1.29 is 40.6 Å². The largest absolute Gasteiger partial charge is 0.487 e. The van der Waals surface area contributed by atoms with Crippen LogP contribution in [0.2, 0.25) is 0 Å². The summed E-state index contributed by atoms with van der Waals surface area (Å²) in [5.74, 6) is -5.52. The molecule has 0 spiro atoms. The minimum atomic E-state index is -4.26. The average molecular weight is 463 g/mol. The molecule has 31 heavy (non-hydrogen) atoms. The van der Waals surface area contributed by atoms with Gasteiger partial charge in [0.1, 0.15) is 5.75 Å². The fourth-order valence-corrected chi connectivity index (χ4v) is 3.75. The Morgan fingerprint density at radius 1 is 1.16 bits per heavy atom. The molecule has 6 nitrogen and oxygen atoms in total. The predicted molar refractivity (Wildman–Crippen MR) is 105 cm³/mol. The van der Waals surface area contributed by atoms with Crippen LogP contribution >= 0.6 is 0 Å². The molecule has 0 unspecified atom stereocenters. The van der Waals surface area contributed by atoms with Crippen LogP contribution in [0.1, 0.15) is 27.0 Å². The maximum atomic E-state index is 12.9. The summed E-state index contributed by atoms with van der Waals surface area (Å²) in [6.45, 7) is 1.73. The Kier molecular flexibility index (Phi) is 7.66. The summed E-state index contributed by atoms with van der Waals surface area (Å²) in [6.07, 6.45) is -3.59. The zero-order valence-electron chi connectivity index (χ0n) is 16.7. The van der Waals surface area contributed by atoms with E-state index in [0.29, 0.717) is 16.7 Å². The average Bonchev–Trinajstić information content (AvgIpc) is 2.68. The molecular formula is C20H21F4NO5S. The second-order valence-corrected chi connectivity index (χ2v) is 8.63. The van der Waals surface area contributed by atoms with Gasteiger partial charge in [-0.05, 0) is 61.2 Å². The van der Waals surface area contributed by atoms with Crippen LogP contribution in [0.4, 0.5) is 17.6 Å². The quantitative estimate of drug-likeness (QED) is 0.523. The van der Waals surface area contributed by atoms with Crippen LogP contribution in [-0.2, 0) is 16.4 Å². The van der Waals surface area contributed by atoms with E-state index in [2.05, 4.69) is 9.46 Å². The van der Waals surface area contributed by atoms with Gasteiger partial charge in [-0.15, -0.1) is 0 Å². The van der Waals surface area contributed by atoms with Gasteiger partial charge in [-0.25, -0.2) is 26.7 Å². The maximum absolute atomic E-state index is 12.9. The number of aromatic carboxylic acids is 1. The summed E-state index contributed by atoms with van der Waals surface area (Å²) < 4.78 is 82.0. The number of hydrogen-bond donors (Lipinski definition) is 2.